The molecule has 1 aromatic heterocycles. The number of rotatable bonds is 2. The lowest BCUT2D eigenvalue weighted by Gasteiger charge is -1.96. The Morgan fingerprint density at radius 2 is 1.39 bits per heavy atom. The number of halogens is 3. The molecule has 1 atom stereocenters. The van der Waals surface area contributed by atoms with Crippen molar-refractivity contribution in [3.8, 4) is 0 Å². The minimum atomic E-state index is -4.63. The third-order valence-electron chi connectivity index (χ3n) is 3.31. The van der Waals surface area contributed by atoms with Crippen molar-refractivity contribution in [2.24, 2.45) is 0 Å². The Kier molecular flexibility index (Phi) is 3.22. The Morgan fingerprint density at radius 1 is 0.826 bits per heavy atom. The van der Waals surface area contributed by atoms with Gasteiger partial charge in [-0.25, -0.2) is 0 Å². The van der Waals surface area contributed by atoms with Gasteiger partial charge in [-0.05, 0) is 6.07 Å². The lowest BCUT2D eigenvalue weighted by Crippen LogP contribution is -1.95. The number of nitro benzene ring substituents is 2. The quantitative estimate of drug-likeness (QED) is 0.371. The second-order valence-electron chi connectivity index (χ2n) is 4.63. The van der Waals surface area contributed by atoms with Gasteiger partial charge in [0.1, 0.15) is 10.5 Å². The molecular formula is C13H6F3N2O4S+. The molecule has 1 heterocycles. The van der Waals surface area contributed by atoms with Gasteiger partial charge in [-0.2, -0.15) is 0 Å². The second kappa shape index (κ2) is 4.88. The molecule has 0 bridgehead atoms. The molecule has 0 aliphatic rings. The van der Waals surface area contributed by atoms with Crippen LogP contribution in [-0.2, 0) is 5.51 Å². The van der Waals surface area contributed by atoms with Gasteiger partial charge < -0.3 is 0 Å². The van der Waals surface area contributed by atoms with Gasteiger partial charge in [0.15, 0.2) is 9.40 Å². The summed E-state index contributed by atoms with van der Waals surface area (Å²) >= 11 is 0. The number of thiophene rings is 1. The van der Waals surface area contributed by atoms with Crippen molar-refractivity contribution in [3.63, 3.8) is 0 Å². The Labute approximate surface area is 128 Å². The molecule has 0 spiro atoms. The molecule has 0 aliphatic carbocycles. The summed E-state index contributed by atoms with van der Waals surface area (Å²) in [6.07, 6.45) is 0. The lowest BCUT2D eigenvalue weighted by molar-refractivity contribution is -0.384. The first-order chi connectivity index (χ1) is 10.7. The maximum atomic E-state index is 13.4. The van der Waals surface area contributed by atoms with Gasteiger partial charge in [-0.1, -0.05) is 0 Å². The third-order valence-corrected chi connectivity index (χ3v) is 5.35. The van der Waals surface area contributed by atoms with Crippen LogP contribution >= 0.6 is 10.5 Å². The van der Waals surface area contributed by atoms with Crippen LogP contribution in [0.4, 0.5) is 24.5 Å². The number of nitrogens with zero attached hydrogens (tertiary/aromatic N) is 2. The fourth-order valence-corrected chi connectivity index (χ4v) is 4.37. The Morgan fingerprint density at radius 3 is 1.96 bits per heavy atom. The highest BCUT2D eigenvalue weighted by atomic mass is 32.2. The standard InChI is InChI=1S/C13H6F3N2O4S/c14-13(15,16)23-11-4-2-7(17(19)20)5-10(11)9-3-1-8(18(21)22)6-12(9)23/h1-6H/q+1. The van der Waals surface area contributed by atoms with Crippen LogP contribution < -0.4 is 0 Å². The van der Waals surface area contributed by atoms with Gasteiger partial charge in [0, 0.05) is 29.7 Å². The molecule has 0 saturated heterocycles. The lowest BCUT2D eigenvalue weighted by atomic mass is 10.1. The van der Waals surface area contributed by atoms with E-state index in [2.05, 4.69) is 0 Å². The highest BCUT2D eigenvalue weighted by Crippen LogP contribution is 2.54. The molecule has 118 valence electrons. The van der Waals surface area contributed by atoms with Gasteiger partial charge in [0.05, 0.1) is 21.3 Å². The normalized spacial score (nSPS) is 12.7. The van der Waals surface area contributed by atoms with E-state index in [0.29, 0.717) is 0 Å². The summed E-state index contributed by atoms with van der Waals surface area (Å²) in [7, 11) is -2.37. The number of alkyl halides is 3. The minimum Gasteiger partial charge on any atom is -0.258 e. The molecule has 0 radical (unpaired) electrons. The van der Waals surface area contributed by atoms with Crippen LogP contribution in [0.15, 0.2) is 36.4 Å². The SMILES string of the molecule is O=[N+]([O-])c1ccc2c(c1)c1ccc([N+](=O)[O-])cc1[s+]2C(F)(F)F. The zero-order chi connectivity index (χ0) is 16.9. The van der Waals surface area contributed by atoms with Crippen LogP contribution in [0.1, 0.15) is 0 Å². The molecule has 0 N–H and O–H groups in total. The number of hydrogen-bond acceptors (Lipinski definition) is 4. The fraction of sp³-hybridized carbons (Fsp3) is 0.0769. The van der Waals surface area contributed by atoms with E-state index in [1.165, 1.54) is 6.07 Å². The molecule has 1 unspecified atom stereocenters. The topological polar surface area (TPSA) is 86.3 Å². The van der Waals surface area contributed by atoms with Crippen molar-refractivity contribution in [2.45, 2.75) is 5.51 Å². The molecule has 3 aromatic rings. The van der Waals surface area contributed by atoms with Crippen molar-refractivity contribution in [2.75, 3.05) is 0 Å². The highest BCUT2D eigenvalue weighted by Gasteiger charge is 2.48. The summed E-state index contributed by atoms with van der Waals surface area (Å²) < 4.78 is 39.9. The van der Waals surface area contributed by atoms with Crippen LogP contribution in [0.2, 0.25) is 0 Å². The summed E-state index contributed by atoms with van der Waals surface area (Å²) in [5.41, 5.74) is -5.42. The second-order valence-corrected chi connectivity index (χ2v) is 6.58. The number of benzene rings is 2. The van der Waals surface area contributed by atoms with Crippen molar-refractivity contribution >= 4 is 42.0 Å². The Bertz CT molecular complexity index is 981. The summed E-state index contributed by atoms with van der Waals surface area (Å²) in [5.74, 6) is 0. The van der Waals surface area contributed by atoms with Crippen LogP contribution in [0.3, 0.4) is 0 Å². The summed E-state index contributed by atoms with van der Waals surface area (Å²) in [4.78, 5) is 20.2. The maximum absolute atomic E-state index is 13.4. The highest BCUT2D eigenvalue weighted by molar-refractivity contribution is 7.43. The van der Waals surface area contributed by atoms with Gasteiger partial charge in [0.25, 0.3) is 11.4 Å². The van der Waals surface area contributed by atoms with E-state index in [0.717, 1.165) is 30.3 Å². The molecule has 6 nitrogen and oxygen atoms in total. The first-order valence-electron chi connectivity index (χ1n) is 6.08. The van der Waals surface area contributed by atoms with E-state index in [1.807, 2.05) is 0 Å². The Balaban J connectivity index is 2.49. The minimum absolute atomic E-state index is 0.0877. The first-order valence-corrected chi connectivity index (χ1v) is 7.31. The van der Waals surface area contributed by atoms with Crippen LogP contribution in [0, 0.1) is 20.2 Å². The Hall–Kier alpha value is -2.75. The number of nitro groups is 2. The van der Waals surface area contributed by atoms with Crippen LogP contribution in [0.25, 0.3) is 20.2 Å². The fourth-order valence-electron chi connectivity index (χ4n) is 2.40. The summed E-state index contributed by atoms with van der Waals surface area (Å²) in [6.45, 7) is 0. The number of hydrogen-bond donors (Lipinski definition) is 0. The molecular weight excluding hydrogens is 337 g/mol. The molecule has 0 amide bonds. The predicted octanol–water partition coefficient (Wildman–Crippen LogP) is 5.03. The maximum Gasteiger partial charge on any atom is 0.601 e. The third kappa shape index (κ3) is 2.36. The predicted molar refractivity (Wildman–Crippen MR) is 78.5 cm³/mol. The average Bonchev–Trinajstić information content (AvgIpc) is 2.79. The zero-order valence-electron chi connectivity index (χ0n) is 11.0. The van der Waals surface area contributed by atoms with Crippen molar-refractivity contribution < 1.29 is 23.0 Å². The molecule has 3 rings (SSSR count). The van der Waals surface area contributed by atoms with E-state index in [1.54, 1.807) is 0 Å². The molecule has 0 fully saturated rings. The van der Waals surface area contributed by atoms with E-state index in [9.17, 15) is 33.4 Å². The monoisotopic (exact) mass is 343 g/mol. The molecule has 23 heavy (non-hydrogen) atoms. The van der Waals surface area contributed by atoms with Gasteiger partial charge in [-0.15, -0.1) is 13.2 Å². The number of fused-ring (bicyclic) bond motifs is 3. The molecule has 10 heteroatoms. The van der Waals surface area contributed by atoms with Gasteiger partial charge in [0.2, 0.25) is 0 Å². The molecule has 0 aliphatic heterocycles. The van der Waals surface area contributed by atoms with E-state index < -0.39 is 31.5 Å². The molecule has 0 saturated carbocycles. The van der Waals surface area contributed by atoms with E-state index in [-0.39, 0.29) is 25.9 Å². The van der Waals surface area contributed by atoms with Crippen molar-refractivity contribution in [1.82, 2.24) is 0 Å². The first kappa shape index (κ1) is 15.2. The van der Waals surface area contributed by atoms with Crippen LogP contribution in [-0.4, -0.2) is 9.85 Å². The largest absolute Gasteiger partial charge is 0.601 e. The zero-order valence-corrected chi connectivity index (χ0v) is 11.9. The van der Waals surface area contributed by atoms with Gasteiger partial charge in [-0.3, -0.25) is 20.2 Å². The smallest absolute Gasteiger partial charge is 0.258 e. The molecule has 2 aromatic carbocycles. The van der Waals surface area contributed by atoms with Crippen molar-refractivity contribution in [1.29, 1.82) is 0 Å². The average molecular weight is 343 g/mol. The van der Waals surface area contributed by atoms with Gasteiger partial charge >= 0.3 is 5.51 Å². The van der Waals surface area contributed by atoms with Crippen molar-refractivity contribution in [3.05, 3.63) is 56.6 Å². The summed E-state index contributed by atoms with van der Waals surface area (Å²) in [6, 6.07) is 6.32. The van der Waals surface area contributed by atoms with E-state index >= 15 is 0 Å². The summed E-state index contributed by atoms with van der Waals surface area (Å²) in [5, 5.41) is 21.9. The van der Waals surface area contributed by atoms with E-state index in [4.69, 9.17) is 0 Å². The number of non-ortho nitro benzene ring substituents is 2. The van der Waals surface area contributed by atoms with Crippen LogP contribution in [0.5, 0.6) is 0 Å².